The number of likely N-dealkylation sites (tertiary alicyclic amines) is 1. The zero-order valence-electron chi connectivity index (χ0n) is 20.4. The Hall–Kier alpha value is -3.20. The van der Waals surface area contributed by atoms with Gasteiger partial charge in [-0.3, -0.25) is 9.59 Å². The summed E-state index contributed by atoms with van der Waals surface area (Å²) in [6.07, 6.45) is 1.59. The first-order chi connectivity index (χ1) is 17.6. The second-order valence-corrected chi connectivity index (χ2v) is 11.3. The SMILES string of the molecule is CC[C@@H](NCC(=O)[C@H]1CCCN1C(=O)c1cccc(S(=O)(=O)N2CC(C#N)C2)c1)c1cc(F)cc(F)c1. The number of sulfonamides is 1. The van der Waals surface area contributed by atoms with Crippen molar-refractivity contribution in [2.24, 2.45) is 5.92 Å². The molecule has 0 unspecified atom stereocenters. The minimum absolute atomic E-state index is 0.0356. The number of Topliss-reactive ketones (excluding diaryl/α,β-unsaturated/α-hetero) is 1. The van der Waals surface area contributed by atoms with Crippen LogP contribution in [0.1, 0.15) is 48.1 Å². The first-order valence-electron chi connectivity index (χ1n) is 12.2. The van der Waals surface area contributed by atoms with Crippen LogP contribution < -0.4 is 5.32 Å². The van der Waals surface area contributed by atoms with Crippen molar-refractivity contribution in [2.45, 2.75) is 43.2 Å². The van der Waals surface area contributed by atoms with Crippen molar-refractivity contribution in [1.82, 2.24) is 14.5 Å². The van der Waals surface area contributed by atoms with Gasteiger partial charge in [-0.15, -0.1) is 0 Å². The van der Waals surface area contributed by atoms with Gasteiger partial charge in [0.2, 0.25) is 10.0 Å². The summed E-state index contributed by atoms with van der Waals surface area (Å²) in [6.45, 7) is 2.34. The summed E-state index contributed by atoms with van der Waals surface area (Å²) in [5.41, 5.74) is 0.557. The van der Waals surface area contributed by atoms with Crippen LogP contribution in [0.5, 0.6) is 0 Å². The highest BCUT2D eigenvalue weighted by atomic mass is 32.2. The average molecular weight is 531 g/mol. The van der Waals surface area contributed by atoms with Gasteiger partial charge >= 0.3 is 0 Å². The van der Waals surface area contributed by atoms with E-state index in [4.69, 9.17) is 5.26 Å². The van der Waals surface area contributed by atoms with Gasteiger partial charge in [0.1, 0.15) is 11.6 Å². The Morgan fingerprint density at radius 3 is 2.51 bits per heavy atom. The number of amides is 1. The number of carbonyl (C=O) groups is 2. The smallest absolute Gasteiger partial charge is 0.254 e. The summed E-state index contributed by atoms with van der Waals surface area (Å²) in [5, 5.41) is 12.0. The Bertz CT molecular complexity index is 1320. The minimum Gasteiger partial charge on any atom is -0.329 e. The molecule has 196 valence electrons. The van der Waals surface area contributed by atoms with Crippen LogP contribution >= 0.6 is 0 Å². The predicted octanol–water partition coefficient (Wildman–Crippen LogP) is 3.02. The summed E-state index contributed by atoms with van der Waals surface area (Å²) >= 11 is 0. The normalized spacial score (nSPS) is 19.3. The Labute approximate surface area is 214 Å². The molecule has 0 aliphatic carbocycles. The number of halogens is 2. The molecule has 4 rings (SSSR count). The molecule has 0 saturated carbocycles. The molecule has 0 radical (unpaired) electrons. The fraction of sp³-hybridized carbons (Fsp3) is 0.423. The molecule has 2 aliphatic rings. The van der Waals surface area contributed by atoms with Gasteiger partial charge in [-0.05, 0) is 55.2 Å². The van der Waals surface area contributed by atoms with Crippen molar-refractivity contribution >= 4 is 21.7 Å². The fourth-order valence-electron chi connectivity index (χ4n) is 4.78. The molecular formula is C26H28F2N4O4S. The molecule has 2 atom stereocenters. The standard InChI is InChI=1S/C26H28F2N4O4S/c1-2-23(19-9-20(27)12-21(28)10-19)30-14-25(33)24-7-4-8-32(24)26(34)18-5-3-6-22(11-18)37(35,36)31-15-17(13-29)16-31/h3,5-6,9-12,17,23-24,30H,2,4,7-8,14-16H2,1H3/t23-,24-/m1/s1. The monoisotopic (exact) mass is 530 g/mol. The Kier molecular flexibility index (Phi) is 8.02. The quantitative estimate of drug-likeness (QED) is 0.534. The van der Waals surface area contributed by atoms with Crippen molar-refractivity contribution < 1.29 is 26.8 Å². The van der Waals surface area contributed by atoms with Crippen LogP contribution in [0.15, 0.2) is 47.4 Å². The molecule has 2 fully saturated rings. The van der Waals surface area contributed by atoms with Gasteiger partial charge in [0, 0.05) is 37.3 Å². The molecule has 37 heavy (non-hydrogen) atoms. The lowest BCUT2D eigenvalue weighted by Gasteiger charge is -2.34. The van der Waals surface area contributed by atoms with Crippen LogP contribution in [0.3, 0.4) is 0 Å². The van der Waals surface area contributed by atoms with Gasteiger partial charge in [-0.1, -0.05) is 13.0 Å². The maximum atomic E-state index is 13.6. The molecular weight excluding hydrogens is 502 g/mol. The number of ketones is 1. The number of hydrogen-bond donors (Lipinski definition) is 1. The molecule has 2 saturated heterocycles. The number of carbonyl (C=O) groups excluding carboxylic acids is 2. The van der Waals surface area contributed by atoms with Crippen LogP contribution in [-0.4, -0.2) is 61.5 Å². The first-order valence-corrected chi connectivity index (χ1v) is 13.6. The molecule has 0 bridgehead atoms. The van der Waals surface area contributed by atoms with Gasteiger partial charge in [-0.25, -0.2) is 17.2 Å². The van der Waals surface area contributed by atoms with E-state index in [0.717, 1.165) is 6.07 Å². The summed E-state index contributed by atoms with van der Waals surface area (Å²) in [5.74, 6) is -2.40. The number of nitriles is 1. The van der Waals surface area contributed by atoms with Gasteiger partial charge in [0.15, 0.2) is 5.78 Å². The highest BCUT2D eigenvalue weighted by Gasteiger charge is 2.38. The summed E-state index contributed by atoms with van der Waals surface area (Å²) in [4.78, 5) is 27.8. The van der Waals surface area contributed by atoms with Crippen molar-refractivity contribution in [2.75, 3.05) is 26.2 Å². The Morgan fingerprint density at radius 2 is 1.86 bits per heavy atom. The van der Waals surface area contributed by atoms with Crippen LogP contribution in [0.25, 0.3) is 0 Å². The molecule has 2 aromatic rings. The van der Waals surface area contributed by atoms with E-state index in [2.05, 4.69) is 5.32 Å². The van der Waals surface area contributed by atoms with Crippen LogP contribution in [-0.2, 0) is 14.8 Å². The lowest BCUT2D eigenvalue weighted by Crippen LogP contribution is -2.49. The zero-order valence-corrected chi connectivity index (χ0v) is 21.2. The van der Waals surface area contributed by atoms with E-state index in [1.54, 1.807) is 0 Å². The van der Waals surface area contributed by atoms with E-state index in [9.17, 15) is 26.8 Å². The van der Waals surface area contributed by atoms with Gasteiger partial charge in [0.05, 0.1) is 29.5 Å². The molecule has 0 aromatic heterocycles. The number of benzene rings is 2. The second-order valence-electron chi connectivity index (χ2n) is 9.34. The van der Waals surface area contributed by atoms with Crippen molar-refractivity contribution in [1.29, 1.82) is 5.26 Å². The maximum Gasteiger partial charge on any atom is 0.254 e. The topological polar surface area (TPSA) is 111 Å². The maximum absolute atomic E-state index is 13.6. The highest BCUT2D eigenvalue weighted by Crippen LogP contribution is 2.27. The van der Waals surface area contributed by atoms with Gasteiger partial charge < -0.3 is 10.2 Å². The van der Waals surface area contributed by atoms with Crippen molar-refractivity contribution in [3.8, 4) is 6.07 Å². The van der Waals surface area contributed by atoms with Crippen molar-refractivity contribution in [3.05, 3.63) is 65.2 Å². The third-order valence-corrected chi connectivity index (χ3v) is 8.68. The number of nitrogens with zero attached hydrogens (tertiary/aromatic N) is 3. The molecule has 8 nitrogen and oxygen atoms in total. The zero-order chi connectivity index (χ0) is 26.7. The van der Waals surface area contributed by atoms with Crippen LogP contribution in [0.4, 0.5) is 8.78 Å². The molecule has 0 spiro atoms. The number of nitrogens with one attached hydrogen (secondary N) is 1. The summed E-state index contributed by atoms with van der Waals surface area (Å²) in [6, 6.07) is 9.85. The summed E-state index contributed by atoms with van der Waals surface area (Å²) in [7, 11) is -3.83. The summed E-state index contributed by atoms with van der Waals surface area (Å²) < 4.78 is 54.2. The van der Waals surface area contributed by atoms with E-state index in [-0.39, 0.29) is 41.8 Å². The first kappa shape index (κ1) is 26.9. The molecule has 1 N–H and O–H groups in total. The Balaban J connectivity index is 1.44. The van der Waals surface area contributed by atoms with E-state index in [0.29, 0.717) is 31.4 Å². The molecule has 11 heteroatoms. The number of rotatable bonds is 9. The molecule has 1 amide bonds. The minimum atomic E-state index is -3.83. The van der Waals surface area contributed by atoms with Gasteiger partial charge in [-0.2, -0.15) is 9.57 Å². The third-order valence-electron chi connectivity index (χ3n) is 6.85. The molecule has 2 aromatic carbocycles. The Morgan fingerprint density at radius 1 is 1.16 bits per heavy atom. The molecule has 2 aliphatic heterocycles. The second kappa shape index (κ2) is 11.0. The highest BCUT2D eigenvalue weighted by molar-refractivity contribution is 7.89. The van der Waals surface area contributed by atoms with Gasteiger partial charge in [0.25, 0.3) is 5.91 Å². The van der Waals surface area contributed by atoms with Crippen LogP contribution in [0, 0.1) is 28.9 Å². The van der Waals surface area contributed by atoms with E-state index >= 15 is 0 Å². The molecule has 2 heterocycles. The number of hydrogen-bond acceptors (Lipinski definition) is 6. The lowest BCUT2D eigenvalue weighted by molar-refractivity contribution is -0.122. The van der Waals surface area contributed by atoms with E-state index in [1.807, 2.05) is 13.0 Å². The third kappa shape index (κ3) is 5.71. The largest absolute Gasteiger partial charge is 0.329 e. The van der Waals surface area contributed by atoms with E-state index in [1.165, 1.54) is 45.6 Å². The fourth-order valence-corrected chi connectivity index (χ4v) is 6.36. The van der Waals surface area contributed by atoms with Crippen molar-refractivity contribution in [3.63, 3.8) is 0 Å². The predicted molar refractivity (Wildman–Crippen MR) is 131 cm³/mol. The van der Waals surface area contributed by atoms with E-state index < -0.39 is 39.6 Å². The lowest BCUT2D eigenvalue weighted by atomic mass is 10.0. The van der Waals surface area contributed by atoms with Crippen LogP contribution in [0.2, 0.25) is 0 Å². The average Bonchev–Trinajstić information content (AvgIpc) is 3.33.